The molecule has 1 aliphatic carbocycles. The van der Waals surface area contributed by atoms with E-state index in [2.05, 4.69) is 11.9 Å². The molecule has 1 aliphatic heterocycles. The second-order valence-electron chi connectivity index (χ2n) is 7.12. The van der Waals surface area contributed by atoms with Gasteiger partial charge in [0, 0.05) is 19.2 Å². The Labute approximate surface area is 131 Å². The molecule has 1 saturated carbocycles. The minimum Gasteiger partial charge on any atom is -0.391 e. The van der Waals surface area contributed by atoms with E-state index in [1.165, 1.54) is 64.2 Å². The summed E-state index contributed by atoms with van der Waals surface area (Å²) in [6, 6.07) is 0.327. The van der Waals surface area contributed by atoms with Crippen LogP contribution in [0.2, 0.25) is 0 Å². The van der Waals surface area contributed by atoms with Crippen LogP contribution >= 0.6 is 0 Å². The molecule has 1 saturated heterocycles. The Bertz CT molecular complexity index is 266. The molecule has 0 aromatic rings. The lowest BCUT2D eigenvalue weighted by molar-refractivity contribution is 0.0152. The summed E-state index contributed by atoms with van der Waals surface area (Å²) in [7, 11) is 2.18. The molecule has 1 heterocycles. The molecule has 3 nitrogen and oxygen atoms in total. The fraction of sp³-hybridized carbons (Fsp3) is 1.00. The quantitative estimate of drug-likeness (QED) is 0.861. The van der Waals surface area contributed by atoms with Gasteiger partial charge in [0.25, 0.3) is 0 Å². The summed E-state index contributed by atoms with van der Waals surface area (Å²) >= 11 is 0. The average molecular weight is 297 g/mol. The molecular formula is C18H35NO2. The third-order valence-electron chi connectivity index (χ3n) is 5.28. The Hall–Kier alpha value is -0.120. The summed E-state index contributed by atoms with van der Waals surface area (Å²) in [5, 5.41) is 10.6. The highest BCUT2D eigenvalue weighted by Gasteiger charge is 2.26. The fourth-order valence-corrected chi connectivity index (χ4v) is 3.91. The van der Waals surface area contributed by atoms with Crippen molar-refractivity contribution < 1.29 is 9.84 Å². The number of ether oxygens (including phenoxy) is 1. The molecule has 0 bridgehead atoms. The molecule has 0 aromatic carbocycles. The predicted molar refractivity (Wildman–Crippen MR) is 87.6 cm³/mol. The van der Waals surface area contributed by atoms with E-state index in [1.807, 2.05) is 0 Å². The van der Waals surface area contributed by atoms with Gasteiger partial charge in [0.1, 0.15) is 0 Å². The summed E-state index contributed by atoms with van der Waals surface area (Å²) in [5.41, 5.74) is 0. The van der Waals surface area contributed by atoms with E-state index in [1.54, 1.807) is 0 Å². The zero-order valence-electron chi connectivity index (χ0n) is 13.9. The third kappa shape index (κ3) is 6.25. The van der Waals surface area contributed by atoms with E-state index in [4.69, 9.17) is 4.74 Å². The lowest BCUT2D eigenvalue weighted by atomic mass is 9.94. The highest BCUT2D eigenvalue weighted by atomic mass is 16.5. The minimum atomic E-state index is -0.157. The Morgan fingerprint density at radius 3 is 2.10 bits per heavy atom. The summed E-state index contributed by atoms with van der Waals surface area (Å²) in [5.74, 6) is 0. The number of rotatable bonds is 3. The van der Waals surface area contributed by atoms with Crippen LogP contribution in [0.1, 0.15) is 77.0 Å². The van der Waals surface area contributed by atoms with Gasteiger partial charge in [0.2, 0.25) is 0 Å². The first-order valence-electron chi connectivity index (χ1n) is 9.27. The van der Waals surface area contributed by atoms with Gasteiger partial charge in [0.05, 0.1) is 12.2 Å². The lowest BCUT2D eigenvalue weighted by Gasteiger charge is -2.34. The molecule has 124 valence electrons. The third-order valence-corrected chi connectivity index (χ3v) is 5.28. The molecule has 0 radical (unpaired) electrons. The lowest BCUT2D eigenvalue weighted by Crippen LogP contribution is -2.44. The first-order valence-corrected chi connectivity index (χ1v) is 9.27. The topological polar surface area (TPSA) is 32.7 Å². The molecule has 21 heavy (non-hydrogen) atoms. The summed E-state index contributed by atoms with van der Waals surface area (Å²) in [4.78, 5) is 2.38. The van der Waals surface area contributed by atoms with Gasteiger partial charge >= 0.3 is 0 Å². The average Bonchev–Trinajstić information content (AvgIpc) is 2.95. The molecule has 2 rings (SSSR count). The van der Waals surface area contributed by atoms with Gasteiger partial charge in [-0.05, 0) is 32.7 Å². The first kappa shape index (κ1) is 17.2. The number of aliphatic hydroxyl groups is 1. The molecule has 3 heteroatoms. The number of likely N-dealkylation sites (N-methyl/N-ethyl adjacent to an activating group) is 1. The smallest absolute Gasteiger partial charge is 0.0702 e. The Morgan fingerprint density at radius 2 is 1.48 bits per heavy atom. The molecule has 0 amide bonds. The fourth-order valence-electron chi connectivity index (χ4n) is 3.91. The van der Waals surface area contributed by atoms with Gasteiger partial charge in [0.15, 0.2) is 0 Å². The van der Waals surface area contributed by atoms with Crippen molar-refractivity contribution in [3.63, 3.8) is 0 Å². The van der Waals surface area contributed by atoms with Gasteiger partial charge in [-0.15, -0.1) is 0 Å². The Kier molecular flexibility index (Phi) is 8.05. The van der Waals surface area contributed by atoms with E-state index in [-0.39, 0.29) is 6.10 Å². The van der Waals surface area contributed by atoms with E-state index < -0.39 is 0 Å². The number of hydrogen-bond acceptors (Lipinski definition) is 3. The monoisotopic (exact) mass is 297 g/mol. The maximum atomic E-state index is 10.6. The second kappa shape index (κ2) is 9.81. The van der Waals surface area contributed by atoms with Crippen molar-refractivity contribution in [3.8, 4) is 0 Å². The zero-order chi connectivity index (χ0) is 14.9. The zero-order valence-corrected chi connectivity index (χ0v) is 13.9. The van der Waals surface area contributed by atoms with Gasteiger partial charge in [-0.2, -0.15) is 0 Å². The Balaban J connectivity index is 1.83. The second-order valence-corrected chi connectivity index (χ2v) is 7.12. The molecule has 2 fully saturated rings. The predicted octanol–water partition coefficient (Wildman–Crippen LogP) is 3.74. The van der Waals surface area contributed by atoms with Crippen molar-refractivity contribution in [2.24, 2.45) is 0 Å². The molecule has 3 atom stereocenters. The number of aliphatic hydroxyl groups excluding tert-OH is 1. The van der Waals surface area contributed by atoms with Gasteiger partial charge < -0.3 is 9.84 Å². The van der Waals surface area contributed by atoms with Crippen molar-refractivity contribution in [3.05, 3.63) is 0 Å². The molecule has 3 unspecified atom stereocenters. The van der Waals surface area contributed by atoms with E-state index in [0.29, 0.717) is 12.1 Å². The minimum absolute atomic E-state index is 0.157. The van der Waals surface area contributed by atoms with Crippen molar-refractivity contribution in [2.45, 2.75) is 95.3 Å². The van der Waals surface area contributed by atoms with Crippen LogP contribution in [-0.4, -0.2) is 48.5 Å². The normalized spacial score (nSPS) is 33.6. The number of nitrogens with zero attached hydrogens (tertiary/aromatic N) is 1. The maximum Gasteiger partial charge on any atom is 0.0702 e. The van der Waals surface area contributed by atoms with Gasteiger partial charge in [-0.25, -0.2) is 0 Å². The van der Waals surface area contributed by atoms with Crippen molar-refractivity contribution >= 4 is 0 Å². The highest BCUT2D eigenvalue weighted by Crippen LogP contribution is 2.22. The van der Waals surface area contributed by atoms with E-state index in [9.17, 15) is 5.11 Å². The molecular weight excluding hydrogens is 262 g/mol. The maximum absolute atomic E-state index is 10.6. The van der Waals surface area contributed by atoms with Crippen molar-refractivity contribution in [1.82, 2.24) is 4.90 Å². The summed E-state index contributed by atoms with van der Waals surface area (Å²) in [6.45, 7) is 1.91. The van der Waals surface area contributed by atoms with Crippen LogP contribution in [0.5, 0.6) is 0 Å². The van der Waals surface area contributed by atoms with Crippen LogP contribution in [0.3, 0.4) is 0 Å². The van der Waals surface area contributed by atoms with E-state index in [0.717, 1.165) is 26.0 Å². The standard InChI is InChI=1S/C18H35NO2/c1-19(15-16-11-10-14-21-16)17-12-8-6-4-2-3-5-7-9-13-18(17)20/h16-18,20H,2-15H2,1H3. The van der Waals surface area contributed by atoms with Crippen molar-refractivity contribution in [1.29, 1.82) is 0 Å². The van der Waals surface area contributed by atoms with Crippen molar-refractivity contribution in [2.75, 3.05) is 20.2 Å². The summed E-state index contributed by atoms with van der Waals surface area (Å²) in [6.07, 6.45) is 15.3. The largest absolute Gasteiger partial charge is 0.391 e. The number of hydrogen-bond donors (Lipinski definition) is 1. The van der Waals surface area contributed by atoms with Gasteiger partial charge in [-0.3, -0.25) is 4.90 Å². The van der Waals surface area contributed by atoms with Crippen LogP contribution in [0.25, 0.3) is 0 Å². The Morgan fingerprint density at radius 1 is 0.857 bits per heavy atom. The first-order chi connectivity index (χ1) is 10.3. The van der Waals surface area contributed by atoms with Crippen LogP contribution in [0.4, 0.5) is 0 Å². The van der Waals surface area contributed by atoms with Crippen LogP contribution in [0, 0.1) is 0 Å². The highest BCUT2D eigenvalue weighted by molar-refractivity contribution is 4.80. The van der Waals surface area contributed by atoms with Crippen LogP contribution < -0.4 is 0 Å². The molecule has 0 aromatic heterocycles. The van der Waals surface area contributed by atoms with Crippen LogP contribution in [-0.2, 0) is 4.74 Å². The molecule has 1 N–H and O–H groups in total. The van der Waals surface area contributed by atoms with Gasteiger partial charge in [-0.1, -0.05) is 51.4 Å². The molecule has 0 spiro atoms. The summed E-state index contributed by atoms with van der Waals surface area (Å²) < 4.78 is 5.76. The molecule has 2 aliphatic rings. The van der Waals surface area contributed by atoms with Crippen LogP contribution in [0.15, 0.2) is 0 Å². The van der Waals surface area contributed by atoms with E-state index >= 15 is 0 Å². The SMILES string of the molecule is CN(CC1CCCO1)C1CCCCCCCCCCC1O.